The Labute approximate surface area is 87.7 Å². The van der Waals surface area contributed by atoms with Crippen LogP contribution in [-0.4, -0.2) is 17.6 Å². The van der Waals surface area contributed by atoms with Crippen molar-refractivity contribution in [1.82, 2.24) is 0 Å². The summed E-state index contributed by atoms with van der Waals surface area (Å²) < 4.78 is 13.0. The average molecular weight is 211 g/mol. The average Bonchev–Trinajstić information content (AvgIpc) is 2.20. The zero-order valence-electron chi connectivity index (χ0n) is 8.53. The Hall–Kier alpha value is -1.42. The van der Waals surface area contributed by atoms with Gasteiger partial charge in [-0.3, -0.25) is 4.79 Å². The molecule has 0 radical (unpaired) electrons. The second-order valence-electron chi connectivity index (χ2n) is 3.46. The first-order chi connectivity index (χ1) is 7.06. The second kappa shape index (κ2) is 4.40. The lowest BCUT2D eigenvalue weighted by molar-refractivity contribution is -0.143. The highest BCUT2D eigenvalue weighted by Gasteiger charge is 2.37. The van der Waals surface area contributed by atoms with Gasteiger partial charge in [0.05, 0.1) is 0 Å². The van der Waals surface area contributed by atoms with Crippen molar-refractivity contribution in [3.63, 3.8) is 0 Å². The van der Waals surface area contributed by atoms with Gasteiger partial charge in [0.2, 0.25) is 0 Å². The van der Waals surface area contributed by atoms with Gasteiger partial charge >= 0.3 is 5.97 Å². The number of hydrogen-bond acceptors (Lipinski definition) is 2. The van der Waals surface area contributed by atoms with E-state index < -0.39 is 17.2 Å². The lowest BCUT2D eigenvalue weighted by atomic mass is 9.78. The third kappa shape index (κ3) is 1.99. The van der Waals surface area contributed by atoms with Gasteiger partial charge in [-0.2, -0.15) is 0 Å². The van der Waals surface area contributed by atoms with Crippen molar-refractivity contribution in [2.45, 2.75) is 18.8 Å². The van der Waals surface area contributed by atoms with Crippen LogP contribution in [0.2, 0.25) is 0 Å². The quantitative estimate of drug-likeness (QED) is 0.793. The molecule has 3 N–H and O–H groups in total. The number of carboxylic acids is 1. The SMILES string of the molecule is CCC(CN)(C(=O)O)c1cccc(F)c1. The summed E-state index contributed by atoms with van der Waals surface area (Å²) in [6.45, 7) is 1.69. The number of aliphatic carboxylic acids is 1. The Morgan fingerprint density at radius 2 is 2.27 bits per heavy atom. The monoisotopic (exact) mass is 211 g/mol. The highest BCUT2D eigenvalue weighted by atomic mass is 19.1. The molecule has 1 rings (SSSR count). The topological polar surface area (TPSA) is 63.3 Å². The Bertz CT molecular complexity index is 361. The summed E-state index contributed by atoms with van der Waals surface area (Å²) in [5, 5.41) is 9.17. The lowest BCUT2D eigenvalue weighted by Gasteiger charge is -2.26. The molecule has 0 heterocycles. The van der Waals surface area contributed by atoms with Gasteiger partial charge in [0.15, 0.2) is 0 Å². The van der Waals surface area contributed by atoms with E-state index in [0.29, 0.717) is 12.0 Å². The zero-order chi connectivity index (χ0) is 11.5. The summed E-state index contributed by atoms with van der Waals surface area (Å²) >= 11 is 0. The van der Waals surface area contributed by atoms with Crippen molar-refractivity contribution in [3.8, 4) is 0 Å². The Morgan fingerprint density at radius 1 is 1.60 bits per heavy atom. The number of halogens is 1. The number of nitrogens with two attached hydrogens (primary N) is 1. The summed E-state index contributed by atoms with van der Waals surface area (Å²) in [5.41, 5.74) is 4.74. The third-order valence-electron chi connectivity index (χ3n) is 2.74. The van der Waals surface area contributed by atoms with E-state index in [4.69, 9.17) is 10.8 Å². The third-order valence-corrected chi connectivity index (χ3v) is 2.74. The van der Waals surface area contributed by atoms with Crippen molar-refractivity contribution in [2.24, 2.45) is 5.73 Å². The molecule has 4 heteroatoms. The molecule has 0 amide bonds. The van der Waals surface area contributed by atoms with E-state index >= 15 is 0 Å². The highest BCUT2D eigenvalue weighted by Crippen LogP contribution is 2.27. The number of hydrogen-bond donors (Lipinski definition) is 2. The molecule has 1 unspecified atom stereocenters. The Kier molecular flexibility index (Phi) is 3.42. The molecule has 0 saturated carbocycles. The molecular weight excluding hydrogens is 197 g/mol. The molecule has 1 aromatic rings. The van der Waals surface area contributed by atoms with Gasteiger partial charge in [-0.15, -0.1) is 0 Å². The minimum Gasteiger partial charge on any atom is -0.481 e. The molecule has 0 aliphatic carbocycles. The predicted octanol–water partition coefficient (Wildman–Crippen LogP) is 1.52. The molecule has 0 aliphatic rings. The molecule has 15 heavy (non-hydrogen) atoms. The van der Waals surface area contributed by atoms with Gasteiger partial charge in [-0.1, -0.05) is 19.1 Å². The maximum atomic E-state index is 13.0. The van der Waals surface area contributed by atoms with Crippen LogP contribution < -0.4 is 5.73 Å². The number of benzene rings is 1. The molecule has 0 spiro atoms. The van der Waals surface area contributed by atoms with E-state index in [9.17, 15) is 9.18 Å². The van der Waals surface area contributed by atoms with Crippen molar-refractivity contribution in [2.75, 3.05) is 6.54 Å². The largest absolute Gasteiger partial charge is 0.481 e. The van der Waals surface area contributed by atoms with Crippen LogP contribution in [0.4, 0.5) is 4.39 Å². The molecule has 82 valence electrons. The van der Waals surface area contributed by atoms with Crippen LogP contribution in [0, 0.1) is 5.82 Å². The van der Waals surface area contributed by atoms with Crippen molar-refractivity contribution >= 4 is 5.97 Å². The van der Waals surface area contributed by atoms with E-state index in [2.05, 4.69) is 0 Å². The number of carboxylic acid groups (broad SMARTS) is 1. The van der Waals surface area contributed by atoms with Gasteiger partial charge < -0.3 is 10.8 Å². The van der Waals surface area contributed by atoms with E-state index in [1.807, 2.05) is 0 Å². The minimum atomic E-state index is -1.18. The smallest absolute Gasteiger partial charge is 0.315 e. The fourth-order valence-corrected chi connectivity index (χ4v) is 1.61. The van der Waals surface area contributed by atoms with Gasteiger partial charge in [-0.05, 0) is 24.1 Å². The van der Waals surface area contributed by atoms with Gasteiger partial charge in [-0.25, -0.2) is 4.39 Å². The van der Waals surface area contributed by atoms with Crippen molar-refractivity contribution in [1.29, 1.82) is 0 Å². The molecule has 0 aromatic heterocycles. The van der Waals surface area contributed by atoms with Crippen molar-refractivity contribution in [3.05, 3.63) is 35.6 Å². The first-order valence-electron chi connectivity index (χ1n) is 4.76. The van der Waals surface area contributed by atoms with Gasteiger partial charge in [0.1, 0.15) is 11.2 Å². The lowest BCUT2D eigenvalue weighted by Crippen LogP contribution is -2.42. The van der Waals surface area contributed by atoms with Crippen LogP contribution in [0.1, 0.15) is 18.9 Å². The second-order valence-corrected chi connectivity index (χ2v) is 3.46. The van der Waals surface area contributed by atoms with E-state index in [-0.39, 0.29) is 6.54 Å². The molecular formula is C11H14FNO2. The number of rotatable bonds is 4. The summed E-state index contributed by atoms with van der Waals surface area (Å²) in [6, 6.07) is 5.59. The fourth-order valence-electron chi connectivity index (χ4n) is 1.61. The van der Waals surface area contributed by atoms with Crippen LogP contribution in [0.15, 0.2) is 24.3 Å². The fraction of sp³-hybridized carbons (Fsp3) is 0.364. The molecule has 0 saturated heterocycles. The number of carbonyl (C=O) groups is 1. The summed E-state index contributed by atoms with van der Waals surface area (Å²) in [6.07, 6.45) is 0.336. The first-order valence-corrected chi connectivity index (χ1v) is 4.76. The normalized spacial score (nSPS) is 14.6. The minimum absolute atomic E-state index is 0.0394. The predicted molar refractivity (Wildman–Crippen MR) is 55.1 cm³/mol. The van der Waals surface area contributed by atoms with E-state index in [1.165, 1.54) is 18.2 Å². The summed E-state index contributed by atoms with van der Waals surface area (Å²) in [5.74, 6) is -1.46. The van der Waals surface area contributed by atoms with E-state index in [0.717, 1.165) is 0 Å². The van der Waals surface area contributed by atoms with Crippen LogP contribution >= 0.6 is 0 Å². The zero-order valence-corrected chi connectivity index (χ0v) is 8.53. The molecule has 0 bridgehead atoms. The molecule has 0 aliphatic heterocycles. The molecule has 0 fully saturated rings. The maximum Gasteiger partial charge on any atom is 0.315 e. The standard InChI is InChI=1S/C11H14FNO2/c1-2-11(7-13,10(14)15)8-4-3-5-9(12)6-8/h3-6H,2,7,13H2,1H3,(H,14,15). The highest BCUT2D eigenvalue weighted by molar-refractivity contribution is 5.81. The van der Waals surface area contributed by atoms with E-state index in [1.54, 1.807) is 13.0 Å². The van der Waals surface area contributed by atoms with Crippen LogP contribution in [0.25, 0.3) is 0 Å². The first kappa shape index (κ1) is 11.7. The molecule has 1 atom stereocenters. The molecule has 3 nitrogen and oxygen atoms in total. The van der Waals surface area contributed by atoms with Crippen LogP contribution in [0.5, 0.6) is 0 Å². The van der Waals surface area contributed by atoms with Crippen molar-refractivity contribution < 1.29 is 14.3 Å². The Balaban J connectivity index is 3.26. The van der Waals surface area contributed by atoms with Gasteiger partial charge in [0.25, 0.3) is 0 Å². The molecule has 1 aromatic carbocycles. The Morgan fingerprint density at radius 3 is 2.67 bits per heavy atom. The maximum absolute atomic E-state index is 13.0. The summed E-state index contributed by atoms with van der Waals surface area (Å²) in [4.78, 5) is 11.2. The summed E-state index contributed by atoms with van der Waals surface area (Å²) in [7, 11) is 0. The van der Waals surface area contributed by atoms with Gasteiger partial charge in [0, 0.05) is 6.54 Å². The van der Waals surface area contributed by atoms with Crippen LogP contribution in [0.3, 0.4) is 0 Å². The van der Waals surface area contributed by atoms with Crippen LogP contribution in [-0.2, 0) is 10.2 Å².